The summed E-state index contributed by atoms with van der Waals surface area (Å²) in [6, 6.07) is 0. The molecule has 50 heavy (non-hydrogen) atoms. The van der Waals surface area contributed by atoms with Gasteiger partial charge in [0.15, 0.2) is 0 Å². The van der Waals surface area contributed by atoms with Crippen molar-refractivity contribution in [1.82, 2.24) is 0 Å². The number of ether oxygens (including phenoxy) is 2. The van der Waals surface area contributed by atoms with Crippen LogP contribution in [0.3, 0.4) is 0 Å². The Balaban J connectivity index is 3.82. The van der Waals surface area contributed by atoms with Crippen molar-refractivity contribution in [3.63, 3.8) is 0 Å². The van der Waals surface area contributed by atoms with Gasteiger partial charge in [-0.3, -0.25) is 14.4 Å². The molecule has 0 fully saturated rings. The topological polar surface area (TPSA) is 69.7 Å². The quantitative estimate of drug-likeness (QED) is 0.0468. The lowest BCUT2D eigenvalue weighted by molar-refractivity contribution is -0.150. The molecule has 0 aromatic heterocycles. The first-order chi connectivity index (χ1) is 24.5. The molecule has 5 heteroatoms. The second-order valence-corrected chi connectivity index (χ2v) is 15.4. The van der Waals surface area contributed by atoms with Crippen LogP contribution in [0.4, 0.5) is 0 Å². The molecule has 0 amide bonds. The summed E-state index contributed by atoms with van der Waals surface area (Å²) in [5, 5.41) is 0. The third kappa shape index (κ3) is 35.0. The maximum Gasteiger partial charge on any atom is 0.306 e. The van der Waals surface area contributed by atoms with Gasteiger partial charge in [-0.05, 0) is 63.7 Å². The number of unbranched alkanes of at least 4 members (excludes halogenated alkanes) is 21. The number of ketones is 1. The normalized spacial score (nSPS) is 12.0. The van der Waals surface area contributed by atoms with Crippen molar-refractivity contribution in [3.05, 3.63) is 0 Å². The first-order valence-corrected chi connectivity index (χ1v) is 22.3. The first kappa shape index (κ1) is 48.6. The Labute approximate surface area is 312 Å². The van der Waals surface area contributed by atoms with Crippen LogP contribution in [0.2, 0.25) is 0 Å². The molecule has 0 rings (SSSR count). The van der Waals surface area contributed by atoms with Gasteiger partial charge in [-0.1, -0.05) is 169 Å². The number of hydrogen-bond donors (Lipinski definition) is 0. The zero-order valence-electron chi connectivity index (χ0n) is 34.2. The van der Waals surface area contributed by atoms with Gasteiger partial charge in [-0.2, -0.15) is 0 Å². The van der Waals surface area contributed by atoms with Gasteiger partial charge in [0.1, 0.15) is 11.9 Å². The molecule has 0 aromatic rings. The van der Waals surface area contributed by atoms with Gasteiger partial charge >= 0.3 is 11.9 Å². The highest BCUT2D eigenvalue weighted by Gasteiger charge is 2.14. The van der Waals surface area contributed by atoms with E-state index in [-0.39, 0.29) is 18.0 Å². The zero-order valence-corrected chi connectivity index (χ0v) is 34.2. The number of Topliss-reactive ketones (excluding diaryl/α,β-unsaturated/α-hetero) is 1. The lowest BCUT2D eigenvalue weighted by atomic mass is 9.95. The van der Waals surface area contributed by atoms with Crippen molar-refractivity contribution < 1.29 is 23.9 Å². The first-order valence-electron chi connectivity index (χ1n) is 22.3. The van der Waals surface area contributed by atoms with Crippen LogP contribution in [0.1, 0.15) is 252 Å². The summed E-state index contributed by atoms with van der Waals surface area (Å²) in [6.07, 6.45) is 38.6. The van der Waals surface area contributed by atoms with E-state index < -0.39 is 0 Å². The van der Waals surface area contributed by atoms with Gasteiger partial charge in [0.2, 0.25) is 0 Å². The molecule has 0 radical (unpaired) electrons. The predicted molar refractivity (Wildman–Crippen MR) is 214 cm³/mol. The van der Waals surface area contributed by atoms with E-state index in [0.717, 1.165) is 83.5 Å². The summed E-state index contributed by atoms with van der Waals surface area (Å²) >= 11 is 0. The van der Waals surface area contributed by atoms with Gasteiger partial charge in [0, 0.05) is 25.7 Å². The van der Waals surface area contributed by atoms with E-state index in [1.165, 1.54) is 116 Å². The fourth-order valence-electron chi connectivity index (χ4n) is 7.00. The van der Waals surface area contributed by atoms with Crippen molar-refractivity contribution in [2.45, 2.75) is 259 Å². The maximum atomic E-state index is 12.6. The Bertz CT molecular complexity index is 734. The minimum atomic E-state index is -0.0489. The molecule has 0 aromatic carbocycles. The van der Waals surface area contributed by atoms with Gasteiger partial charge < -0.3 is 9.47 Å². The third-order valence-corrected chi connectivity index (χ3v) is 10.6. The molecular weight excluding hydrogens is 620 g/mol. The van der Waals surface area contributed by atoms with Crippen LogP contribution in [0.5, 0.6) is 0 Å². The molecule has 5 nitrogen and oxygen atoms in total. The Kier molecular flexibility index (Phi) is 37.8. The number of carbonyl (C=O) groups excluding carboxylic acids is 3. The van der Waals surface area contributed by atoms with Crippen molar-refractivity contribution in [2.75, 3.05) is 6.61 Å². The van der Waals surface area contributed by atoms with Crippen LogP contribution in [-0.4, -0.2) is 30.4 Å². The fourth-order valence-corrected chi connectivity index (χ4v) is 7.00. The highest BCUT2D eigenvalue weighted by Crippen LogP contribution is 2.20. The molecule has 0 heterocycles. The summed E-state index contributed by atoms with van der Waals surface area (Å²) < 4.78 is 11.5. The smallest absolute Gasteiger partial charge is 0.306 e. The standard InChI is InChI=1S/C45H86O5/c1-5-9-12-15-21-28-35-43(36-29-22-16-13-10-6-2)50-45(48)38-31-24-18-20-27-34-42(46)33-26-19-17-23-30-37-44(47)49-40-39-41(8-4)32-25-14-11-7-3/h41,43H,5-40H2,1-4H3. The molecule has 0 saturated carbocycles. The molecular formula is C45H86O5. The van der Waals surface area contributed by atoms with Crippen molar-refractivity contribution >= 4 is 17.7 Å². The third-order valence-electron chi connectivity index (χ3n) is 10.6. The van der Waals surface area contributed by atoms with Crippen LogP contribution in [0, 0.1) is 5.92 Å². The maximum absolute atomic E-state index is 12.6. The summed E-state index contributed by atoms with van der Waals surface area (Å²) in [5.74, 6) is 1.01. The van der Waals surface area contributed by atoms with E-state index in [4.69, 9.17) is 9.47 Å². The van der Waals surface area contributed by atoms with Crippen molar-refractivity contribution in [2.24, 2.45) is 5.92 Å². The van der Waals surface area contributed by atoms with Crippen LogP contribution in [-0.2, 0) is 23.9 Å². The van der Waals surface area contributed by atoms with E-state index in [0.29, 0.717) is 44.0 Å². The molecule has 0 saturated heterocycles. The van der Waals surface area contributed by atoms with E-state index in [9.17, 15) is 14.4 Å². The minimum absolute atomic E-state index is 0.00835. The largest absolute Gasteiger partial charge is 0.466 e. The lowest BCUT2D eigenvalue weighted by Gasteiger charge is -2.18. The summed E-state index contributed by atoms with van der Waals surface area (Å²) in [7, 11) is 0. The predicted octanol–water partition coefficient (Wildman–Crippen LogP) is 14.4. The molecule has 0 N–H and O–H groups in total. The summed E-state index contributed by atoms with van der Waals surface area (Å²) in [5.41, 5.74) is 0. The number of hydrogen-bond acceptors (Lipinski definition) is 5. The van der Waals surface area contributed by atoms with Gasteiger partial charge in [-0.25, -0.2) is 0 Å². The summed E-state index contributed by atoms with van der Waals surface area (Å²) in [6.45, 7) is 9.57. The second-order valence-electron chi connectivity index (χ2n) is 15.4. The Hall–Kier alpha value is -1.39. The molecule has 0 aliphatic heterocycles. The van der Waals surface area contributed by atoms with Crippen molar-refractivity contribution in [1.29, 1.82) is 0 Å². The number of rotatable bonds is 40. The monoisotopic (exact) mass is 707 g/mol. The molecule has 0 spiro atoms. The van der Waals surface area contributed by atoms with Crippen LogP contribution in [0.15, 0.2) is 0 Å². The molecule has 0 aliphatic carbocycles. The fraction of sp³-hybridized carbons (Fsp3) is 0.933. The van der Waals surface area contributed by atoms with Gasteiger partial charge in [0.25, 0.3) is 0 Å². The number of carbonyl (C=O) groups is 3. The van der Waals surface area contributed by atoms with E-state index in [2.05, 4.69) is 27.7 Å². The SMILES string of the molecule is CCCCCCCCC(CCCCCCCC)OC(=O)CCCCCCCC(=O)CCCCCCCC(=O)OCCC(CC)CCCCCC. The highest BCUT2D eigenvalue weighted by atomic mass is 16.5. The zero-order chi connectivity index (χ0) is 36.8. The molecule has 296 valence electrons. The second kappa shape index (κ2) is 38.8. The molecule has 0 bridgehead atoms. The average molecular weight is 707 g/mol. The van der Waals surface area contributed by atoms with E-state index >= 15 is 0 Å². The van der Waals surface area contributed by atoms with Crippen LogP contribution < -0.4 is 0 Å². The lowest BCUT2D eigenvalue weighted by Crippen LogP contribution is -2.18. The molecule has 1 unspecified atom stereocenters. The average Bonchev–Trinajstić information content (AvgIpc) is 3.11. The van der Waals surface area contributed by atoms with E-state index in [1.54, 1.807) is 0 Å². The van der Waals surface area contributed by atoms with Gasteiger partial charge in [-0.15, -0.1) is 0 Å². The Morgan fingerprint density at radius 1 is 0.400 bits per heavy atom. The molecule has 1 atom stereocenters. The Morgan fingerprint density at radius 3 is 1.26 bits per heavy atom. The van der Waals surface area contributed by atoms with Crippen LogP contribution in [0.25, 0.3) is 0 Å². The minimum Gasteiger partial charge on any atom is -0.466 e. The summed E-state index contributed by atoms with van der Waals surface area (Å²) in [4.78, 5) is 37.0. The Morgan fingerprint density at radius 2 is 0.780 bits per heavy atom. The van der Waals surface area contributed by atoms with Gasteiger partial charge in [0.05, 0.1) is 6.61 Å². The van der Waals surface area contributed by atoms with Crippen LogP contribution >= 0.6 is 0 Å². The molecule has 0 aliphatic rings. The highest BCUT2D eigenvalue weighted by molar-refractivity contribution is 5.78. The van der Waals surface area contributed by atoms with Crippen molar-refractivity contribution in [3.8, 4) is 0 Å². The number of esters is 2. The van der Waals surface area contributed by atoms with E-state index in [1.807, 2.05) is 0 Å².